The van der Waals surface area contributed by atoms with Gasteiger partial charge in [0.15, 0.2) is 0 Å². The maximum Gasteiger partial charge on any atom is 0.305 e. The summed E-state index contributed by atoms with van der Waals surface area (Å²) in [4.78, 5) is 15.1. The van der Waals surface area contributed by atoms with E-state index in [1.165, 1.54) is 19.2 Å². The number of ether oxygens (including phenoxy) is 1. The lowest BCUT2D eigenvalue weighted by Crippen LogP contribution is -2.00. The summed E-state index contributed by atoms with van der Waals surface area (Å²) in [7, 11) is 1.40. The van der Waals surface area contributed by atoms with Crippen LogP contribution in [0.1, 0.15) is 18.4 Å². The number of aromatic nitrogens is 4. The Kier molecular flexibility index (Phi) is 5.15. The molecular formula is C25H21FN4O2. The highest BCUT2D eigenvalue weighted by atomic mass is 19.1. The number of benzene rings is 3. The third-order valence-electron chi connectivity index (χ3n) is 5.72. The number of methoxy groups -OCH3 is 1. The molecule has 0 aliphatic rings. The number of rotatable bonds is 6. The fourth-order valence-corrected chi connectivity index (χ4v) is 4.08. The molecule has 0 saturated heterocycles. The Morgan fingerprint density at radius 1 is 0.938 bits per heavy atom. The van der Waals surface area contributed by atoms with Crippen molar-refractivity contribution in [2.24, 2.45) is 0 Å². The molecule has 160 valence electrons. The lowest BCUT2D eigenvalue weighted by molar-refractivity contribution is -0.140. The van der Waals surface area contributed by atoms with E-state index in [0.717, 1.165) is 49.9 Å². The molecule has 5 rings (SSSR count). The molecule has 5 aromatic rings. The van der Waals surface area contributed by atoms with E-state index in [9.17, 15) is 9.18 Å². The van der Waals surface area contributed by atoms with E-state index in [0.29, 0.717) is 19.3 Å². The van der Waals surface area contributed by atoms with E-state index in [1.807, 2.05) is 18.2 Å². The number of esters is 1. The average molecular weight is 428 g/mol. The zero-order valence-corrected chi connectivity index (χ0v) is 17.5. The summed E-state index contributed by atoms with van der Waals surface area (Å²) in [5, 5.41) is 12.0. The number of carbonyl (C=O) groups excluding carboxylic acids is 1. The highest BCUT2D eigenvalue weighted by Crippen LogP contribution is 2.35. The molecule has 32 heavy (non-hydrogen) atoms. The summed E-state index contributed by atoms with van der Waals surface area (Å²) in [6.07, 6.45) is 1.69. The molecule has 3 aromatic carbocycles. The Labute approximate surface area is 183 Å². The number of aryl methyl sites for hydroxylation is 1. The SMILES string of the molecule is COC(=O)CCCc1c(-c2ccc(F)cc2)[nH]c2ccc(-c3ccc4n[nH]nc4c3)cc12. The van der Waals surface area contributed by atoms with Crippen LogP contribution in [0.3, 0.4) is 0 Å². The van der Waals surface area contributed by atoms with Crippen LogP contribution >= 0.6 is 0 Å². The van der Waals surface area contributed by atoms with Crippen LogP contribution in [0.5, 0.6) is 0 Å². The Morgan fingerprint density at radius 3 is 2.47 bits per heavy atom. The maximum absolute atomic E-state index is 13.5. The standard InChI is InChI=1S/C25H21FN4O2/c1-32-24(31)4-2-3-19-20-13-16(17-8-12-22-23(14-17)29-30-28-22)7-11-21(20)27-25(19)15-5-9-18(26)10-6-15/h5-14,27H,2-4H2,1H3,(H,28,29,30). The number of nitrogens with zero attached hydrogens (tertiary/aromatic N) is 2. The summed E-state index contributed by atoms with van der Waals surface area (Å²) in [5.74, 6) is -0.502. The monoisotopic (exact) mass is 428 g/mol. The van der Waals surface area contributed by atoms with Gasteiger partial charge in [-0.2, -0.15) is 15.4 Å². The molecule has 2 heterocycles. The first kappa shape index (κ1) is 19.9. The minimum atomic E-state index is -0.275. The van der Waals surface area contributed by atoms with Gasteiger partial charge in [0, 0.05) is 23.0 Å². The third kappa shape index (κ3) is 3.73. The van der Waals surface area contributed by atoms with E-state index in [2.05, 4.69) is 38.6 Å². The highest BCUT2D eigenvalue weighted by molar-refractivity contribution is 5.94. The molecule has 0 amide bonds. The Bertz CT molecular complexity index is 1420. The number of H-pyrrole nitrogens is 2. The molecule has 0 radical (unpaired) electrons. The summed E-state index contributed by atoms with van der Waals surface area (Å²) in [5.41, 5.74) is 7.65. The Morgan fingerprint density at radius 2 is 1.66 bits per heavy atom. The van der Waals surface area contributed by atoms with Crippen molar-refractivity contribution < 1.29 is 13.9 Å². The van der Waals surface area contributed by atoms with Gasteiger partial charge >= 0.3 is 5.97 Å². The highest BCUT2D eigenvalue weighted by Gasteiger charge is 2.15. The number of nitrogens with one attached hydrogen (secondary N) is 2. The van der Waals surface area contributed by atoms with E-state index < -0.39 is 0 Å². The maximum atomic E-state index is 13.5. The normalized spacial score (nSPS) is 11.3. The lowest BCUT2D eigenvalue weighted by Gasteiger charge is -2.07. The number of hydrogen-bond donors (Lipinski definition) is 2. The summed E-state index contributed by atoms with van der Waals surface area (Å²) >= 11 is 0. The number of hydrogen-bond acceptors (Lipinski definition) is 4. The Hall–Kier alpha value is -4.00. The third-order valence-corrected chi connectivity index (χ3v) is 5.72. The average Bonchev–Trinajstić information content (AvgIpc) is 3.43. The van der Waals surface area contributed by atoms with Crippen LogP contribution in [0.15, 0.2) is 60.7 Å². The molecule has 0 aliphatic heterocycles. The van der Waals surface area contributed by atoms with Crippen molar-refractivity contribution in [3.63, 3.8) is 0 Å². The summed E-state index contributed by atoms with van der Waals surface area (Å²) in [6.45, 7) is 0. The molecule has 7 heteroatoms. The van der Waals surface area contributed by atoms with E-state index >= 15 is 0 Å². The second-order valence-corrected chi connectivity index (χ2v) is 7.70. The molecule has 0 saturated carbocycles. The van der Waals surface area contributed by atoms with Crippen molar-refractivity contribution >= 4 is 27.9 Å². The van der Waals surface area contributed by atoms with Crippen LogP contribution in [0.2, 0.25) is 0 Å². The molecule has 0 fully saturated rings. The smallest absolute Gasteiger partial charge is 0.305 e. The van der Waals surface area contributed by atoms with Crippen molar-refractivity contribution in [2.75, 3.05) is 7.11 Å². The molecule has 0 aliphatic carbocycles. The molecule has 0 atom stereocenters. The van der Waals surface area contributed by atoms with Crippen LogP contribution in [-0.2, 0) is 16.0 Å². The van der Waals surface area contributed by atoms with Gasteiger partial charge in [0.05, 0.1) is 7.11 Å². The molecule has 2 aromatic heterocycles. The van der Waals surface area contributed by atoms with Crippen molar-refractivity contribution in [1.29, 1.82) is 0 Å². The van der Waals surface area contributed by atoms with Crippen molar-refractivity contribution in [1.82, 2.24) is 20.4 Å². The van der Waals surface area contributed by atoms with Gasteiger partial charge in [0.1, 0.15) is 16.9 Å². The quantitative estimate of drug-likeness (QED) is 0.354. The van der Waals surface area contributed by atoms with Crippen LogP contribution in [0, 0.1) is 5.82 Å². The van der Waals surface area contributed by atoms with Gasteiger partial charge in [-0.25, -0.2) is 4.39 Å². The van der Waals surface area contributed by atoms with Crippen LogP contribution in [0.25, 0.3) is 44.3 Å². The second-order valence-electron chi connectivity index (χ2n) is 7.70. The van der Waals surface area contributed by atoms with Crippen LogP contribution in [0.4, 0.5) is 4.39 Å². The topological polar surface area (TPSA) is 83.7 Å². The van der Waals surface area contributed by atoms with Crippen molar-refractivity contribution in [3.05, 3.63) is 72.0 Å². The van der Waals surface area contributed by atoms with Gasteiger partial charge in [-0.3, -0.25) is 4.79 Å². The van der Waals surface area contributed by atoms with E-state index in [4.69, 9.17) is 4.74 Å². The number of aromatic amines is 2. The molecular weight excluding hydrogens is 407 g/mol. The van der Waals surface area contributed by atoms with Crippen molar-refractivity contribution in [2.45, 2.75) is 19.3 Å². The first-order valence-corrected chi connectivity index (χ1v) is 10.4. The van der Waals surface area contributed by atoms with E-state index in [-0.39, 0.29) is 11.8 Å². The van der Waals surface area contributed by atoms with Gasteiger partial charge in [0.2, 0.25) is 0 Å². The fraction of sp³-hybridized carbons (Fsp3) is 0.160. The molecule has 2 N–H and O–H groups in total. The fourth-order valence-electron chi connectivity index (χ4n) is 4.08. The van der Waals surface area contributed by atoms with Gasteiger partial charge in [-0.1, -0.05) is 12.1 Å². The van der Waals surface area contributed by atoms with E-state index in [1.54, 1.807) is 12.1 Å². The van der Waals surface area contributed by atoms with Crippen LogP contribution in [-0.4, -0.2) is 33.5 Å². The van der Waals surface area contributed by atoms with Gasteiger partial charge in [-0.05, 0) is 83.6 Å². The second kappa shape index (κ2) is 8.26. The van der Waals surface area contributed by atoms with Gasteiger partial charge in [0.25, 0.3) is 0 Å². The molecule has 6 nitrogen and oxygen atoms in total. The first-order valence-electron chi connectivity index (χ1n) is 10.4. The number of carbonyl (C=O) groups is 1. The molecule has 0 bridgehead atoms. The van der Waals surface area contributed by atoms with Gasteiger partial charge in [-0.15, -0.1) is 0 Å². The minimum absolute atomic E-state index is 0.227. The van der Waals surface area contributed by atoms with Gasteiger partial charge < -0.3 is 9.72 Å². The minimum Gasteiger partial charge on any atom is -0.469 e. The van der Waals surface area contributed by atoms with Crippen molar-refractivity contribution in [3.8, 4) is 22.4 Å². The summed E-state index contributed by atoms with van der Waals surface area (Å²) < 4.78 is 18.3. The van der Waals surface area contributed by atoms with Crippen LogP contribution < -0.4 is 0 Å². The predicted octanol–water partition coefficient (Wildman–Crippen LogP) is 5.41. The lowest BCUT2D eigenvalue weighted by atomic mass is 9.97. The number of halogens is 1. The molecule has 0 unspecified atom stereocenters. The first-order chi connectivity index (χ1) is 15.6. The zero-order chi connectivity index (χ0) is 22.1. The predicted molar refractivity (Wildman–Crippen MR) is 122 cm³/mol. The molecule has 0 spiro atoms. The zero-order valence-electron chi connectivity index (χ0n) is 17.5. The summed E-state index contributed by atoms with van der Waals surface area (Å²) in [6, 6.07) is 18.7. The Balaban J connectivity index is 1.60. The largest absolute Gasteiger partial charge is 0.469 e. The number of fused-ring (bicyclic) bond motifs is 2.